The second-order valence-electron chi connectivity index (χ2n) is 4.75. The first-order chi connectivity index (χ1) is 7.36. The second-order valence-corrected chi connectivity index (χ2v) is 8.80. The minimum absolute atomic E-state index is 0.167. The molecule has 16 heavy (non-hydrogen) atoms. The predicted octanol–water partition coefficient (Wildman–Crippen LogP) is 1.06. The van der Waals surface area contributed by atoms with Crippen LogP contribution in [0.15, 0.2) is 0 Å². The van der Waals surface area contributed by atoms with Crippen LogP contribution in [0, 0.1) is 5.92 Å². The van der Waals surface area contributed by atoms with Crippen LogP contribution >= 0.6 is 6.49 Å². The van der Waals surface area contributed by atoms with Gasteiger partial charge in [0, 0.05) is 19.0 Å². The summed E-state index contributed by atoms with van der Waals surface area (Å²) >= 11 is 5.22. The molecule has 0 aliphatic carbocycles. The highest BCUT2D eigenvalue weighted by Gasteiger charge is 2.52. The Morgan fingerprint density at radius 2 is 2.19 bits per heavy atom. The number of halogens is 1. The summed E-state index contributed by atoms with van der Waals surface area (Å²) in [6, 6.07) is -0.369. The van der Waals surface area contributed by atoms with Crippen LogP contribution in [0.25, 0.3) is 0 Å². The molecular formula is C9H17BFO3PS. The first-order valence-corrected chi connectivity index (χ1v) is 8.63. The third kappa shape index (κ3) is 2.23. The van der Waals surface area contributed by atoms with Crippen molar-refractivity contribution >= 4 is 26.1 Å². The maximum atomic E-state index is 13.8. The molecule has 2 unspecified atom stereocenters. The SMILES string of the molecule is B[C@@H]1O[C@@]2(CCOP(C)(=S)OC2)C(C)[C@@H]1F. The molecule has 0 saturated carbocycles. The zero-order valence-corrected chi connectivity index (χ0v) is 11.5. The summed E-state index contributed by atoms with van der Waals surface area (Å²) < 4.78 is 30.7. The highest BCUT2D eigenvalue weighted by molar-refractivity contribution is 8.09. The summed E-state index contributed by atoms with van der Waals surface area (Å²) in [5.41, 5.74) is -0.546. The molecule has 3 nitrogen and oxygen atoms in total. The number of hydrogen-bond donors (Lipinski definition) is 0. The van der Waals surface area contributed by atoms with Gasteiger partial charge in [-0.25, -0.2) is 4.39 Å². The van der Waals surface area contributed by atoms with Gasteiger partial charge in [-0.05, 0) is 11.8 Å². The van der Waals surface area contributed by atoms with Gasteiger partial charge in [0.05, 0.1) is 24.8 Å². The van der Waals surface area contributed by atoms with E-state index in [1.807, 2.05) is 6.92 Å². The molecule has 2 rings (SSSR count). The van der Waals surface area contributed by atoms with Gasteiger partial charge in [0.1, 0.15) is 14.0 Å². The van der Waals surface area contributed by atoms with E-state index in [1.54, 1.807) is 14.5 Å². The fraction of sp³-hybridized carbons (Fsp3) is 1.00. The zero-order valence-electron chi connectivity index (χ0n) is 9.81. The summed E-state index contributed by atoms with van der Waals surface area (Å²) in [4.78, 5) is 0. The first kappa shape index (κ1) is 13.0. The molecule has 2 saturated heterocycles. The average Bonchev–Trinajstić information content (AvgIpc) is 2.37. The average molecular weight is 266 g/mol. The van der Waals surface area contributed by atoms with Crippen molar-refractivity contribution in [2.24, 2.45) is 5.92 Å². The van der Waals surface area contributed by atoms with E-state index in [-0.39, 0.29) is 11.9 Å². The van der Waals surface area contributed by atoms with Crippen LogP contribution in [0.2, 0.25) is 0 Å². The second kappa shape index (κ2) is 4.32. The molecule has 0 radical (unpaired) electrons. The van der Waals surface area contributed by atoms with Crippen molar-refractivity contribution < 1.29 is 18.2 Å². The lowest BCUT2D eigenvalue weighted by Gasteiger charge is -2.30. The summed E-state index contributed by atoms with van der Waals surface area (Å²) in [6.45, 7) is 2.39. The van der Waals surface area contributed by atoms with Crippen molar-refractivity contribution in [1.82, 2.24) is 0 Å². The standard InChI is InChI=1S/C9H17BFO3PS/c1-6-7(11)8(10)14-9(6)3-4-12-15(2,16)13-5-9/h6-8H,3-5,10H2,1-2H3/t6?,7-,8+,9+,15?/m0/s1. The highest BCUT2D eigenvalue weighted by atomic mass is 32.5. The molecule has 0 amide bonds. The minimum atomic E-state index is -2.14. The minimum Gasteiger partial charge on any atom is -0.375 e. The monoisotopic (exact) mass is 266 g/mol. The Bertz CT molecular complexity index is 332. The normalized spacial score (nSPS) is 54.1. The van der Waals surface area contributed by atoms with Crippen LogP contribution in [0.4, 0.5) is 4.39 Å². The number of ether oxygens (including phenoxy) is 1. The Morgan fingerprint density at radius 1 is 1.50 bits per heavy atom. The Balaban J connectivity index is 2.17. The lowest BCUT2D eigenvalue weighted by atomic mass is 9.82. The van der Waals surface area contributed by atoms with E-state index < -0.39 is 18.3 Å². The van der Waals surface area contributed by atoms with Gasteiger partial charge in [-0.1, -0.05) is 6.92 Å². The Hall–Kier alpha value is 0.525. The van der Waals surface area contributed by atoms with Gasteiger partial charge in [0.25, 0.3) is 0 Å². The van der Waals surface area contributed by atoms with Gasteiger partial charge in [0.2, 0.25) is 0 Å². The predicted molar refractivity (Wildman–Crippen MR) is 66.9 cm³/mol. The van der Waals surface area contributed by atoms with Gasteiger partial charge in [-0.15, -0.1) is 0 Å². The van der Waals surface area contributed by atoms with Crippen LogP contribution < -0.4 is 0 Å². The van der Waals surface area contributed by atoms with E-state index in [1.165, 1.54) is 0 Å². The van der Waals surface area contributed by atoms with Gasteiger partial charge in [-0.2, -0.15) is 0 Å². The van der Waals surface area contributed by atoms with E-state index in [2.05, 4.69) is 0 Å². The molecule has 1 spiro atoms. The highest BCUT2D eigenvalue weighted by Crippen LogP contribution is 2.51. The number of hydrogen-bond acceptors (Lipinski definition) is 4. The maximum absolute atomic E-state index is 13.8. The van der Waals surface area contributed by atoms with Gasteiger partial charge >= 0.3 is 0 Å². The van der Waals surface area contributed by atoms with Crippen LogP contribution in [0.3, 0.4) is 0 Å². The molecule has 0 aromatic carbocycles. The molecule has 0 aromatic heterocycles. The Kier molecular flexibility index (Phi) is 3.50. The van der Waals surface area contributed by atoms with Gasteiger partial charge < -0.3 is 13.8 Å². The summed E-state index contributed by atoms with van der Waals surface area (Å²) in [5, 5.41) is 0. The van der Waals surface area contributed by atoms with Gasteiger partial charge in [-0.3, -0.25) is 0 Å². The van der Waals surface area contributed by atoms with Crippen molar-refractivity contribution in [3.05, 3.63) is 0 Å². The van der Waals surface area contributed by atoms with E-state index >= 15 is 0 Å². The van der Waals surface area contributed by atoms with Crippen LogP contribution in [-0.4, -0.2) is 45.5 Å². The fourth-order valence-corrected chi connectivity index (χ4v) is 3.74. The fourth-order valence-electron chi connectivity index (χ4n) is 2.41. The molecule has 0 N–H and O–H groups in total. The Morgan fingerprint density at radius 3 is 2.75 bits per heavy atom. The lowest BCUT2D eigenvalue weighted by Crippen LogP contribution is -2.40. The van der Waals surface area contributed by atoms with Crippen molar-refractivity contribution in [3.8, 4) is 0 Å². The Labute approximate surface area is 102 Å². The summed E-state index contributed by atoms with van der Waals surface area (Å²) in [7, 11) is 1.77. The molecule has 7 heteroatoms. The summed E-state index contributed by atoms with van der Waals surface area (Å²) in [6.07, 6.45) is -0.276. The van der Waals surface area contributed by atoms with E-state index in [4.69, 9.17) is 25.6 Å². The molecule has 2 heterocycles. The summed E-state index contributed by atoms with van der Waals surface area (Å²) in [5.74, 6) is -0.167. The largest absolute Gasteiger partial charge is 0.375 e. The van der Waals surface area contributed by atoms with Crippen molar-refractivity contribution in [3.63, 3.8) is 0 Å². The topological polar surface area (TPSA) is 27.7 Å². The molecule has 2 fully saturated rings. The van der Waals surface area contributed by atoms with Gasteiger partial charge in [0.15, 0.2) is 6.49 Å². The van der Waals surface area contributed by atoms with E-state index in [0.717, 1.165) is 0 Å². The van der Waals surface area contributed by atoms with Crippen LogP contribution in [0.1, 0.15) is 13.3 Å². The van der Waals surface area contributed by atoms with E-state index in [9.17, 15) is 4.39 Å². The number of rotatable bonds is 0. The molecule has 0 bridgehead atoms. The molecule has 92 valence electrons. The molecule has 2 aliphatic heterocycles. The molecular weight excluding hydrogens is 249 g/mol. The smallest absolute Gasteiger partial charge is 0.185 e. The number of alkyl halides is 1. The van der Waals surface area contributed by atoms with Crippen molar-refractivity contribution in [1.29, 1.82) is 0 Å². The molecule has 0 aromatic rings. The maximum Gasteiger partial charge on any atom is 0.185 e. The third-order valence-corrected chi connectivity index (χ3v) is 5.45. The molecule has 2 aliphatic rings. The van der Waals surface area contributed by atoms with Crippen molar-refractivity contribution in [2.75, 3.05) is 19.9 Å². The third-order valence-electron chi connectivity index (χ3n) is 3.57. The quantitative estimate of drug-likeness (QED) is 0.484. The zero-order chi connectivity index (χ0) is 12.0. The van der Waals surface area contributed by atoms with Crippen LogP contribution in [0.5, 0.6) is 0 Å². The van der Waals surface area contributed by atoms with Crippen LogP contribution in [-0.2, 0) is 25.6 Å². The van der Waals surface area contributed by atoms with E-state index in [0.29, 0.717) is 19.6 Å². The lowest BCUT2D eigenvalue weighted by molar-refractivity contribution is -0.0621. The molecule has 5 atom stereocenters. The first-order valence-electron chi connectivity index (χ1n) is 5.55. The van der Waals surface area contributed by atoms with Crippen molar-refractivity contribution in [2.45, 2.75) is 31.1 Å².